The molecule has 0 unspecified atom stereocenters. The highest BCUT2D eigenvalue weighted by Crippen LogP contribution is 2.04. The smallest absolute Gasteiger partial charge is 0.336 e. The first-order valence-electron chi connectivity index (χ1n) is 5.27. The van der Waals surface area contributed by atoms with Crippen LogP contribution in [0.25, 0.3) is 0 Å². The van der Waals surface area contributed by atoms with Gasteiger partial charge in [0.15, 0.2) is 5.76 Å². The van der Waals surface area contributed by atoms with Gasteiger partial charge in [-0.1, -0.05) is 0 Å². The zero-order chi connectivity index (χ0) is 13.7. The maximum Gasteiger partial charge on any atom is 0.336 e. The lowest BCUT2D eigenvalue weighted by Crippen LogP contribution is -2.32. The van der Waals surface area contributed by atoms with E-state index in [1.807, 2.05) is 0 Å². The van der Waals surface area contributed by atoms with Crippen molar-refractivity contribution in [1.29, 1.82) is 0 Å². The Morgan fingerprint density at radius 3 is 3.00 bits per heavy atom. The van der Waals surface area contributed by atoms with Crippen molar-refractivity contribution in [3.8, 4) is 6.01 Å². The largest absolute Gasteiger partial charge is 0.466 e. The van der Waals surface area contributed by atoms with E-state index in [1.165, 1.54) is 19.4 Å². The summed E-state index contributed by atoms with van der Waals surface area (Å²) in [6.45, 7) is -0.220. The van der Waals surface area contributed by atoms with Crippen LogP contribution in [-0.2, 0) is 4.79 Å². The second kappa shape index (κ2) is 5.67. The number of rotatable bonds is 5. The first kappa shape index (κ1) is 12.6. The molecule has 0 bridgehead atoms. The Morgan fingerprint density at radius 1 is 1.53 bits per heavy atom. The SMILES string of the molecule is COc1n[nH]c(NC(=O)CNC(=O)c2ccco2)n1. The predicted octanol–water partition coefficient (Wildman–Crippen LogP) is -0.225. The summed E-state index contributed by atoms with van der Waals surface area (Å²) in [5.74, 6) is -0.669. The molecule has 0 fully saturated rings. The van der Waals surface area contributed by atoms with Crippen molar-refractivity contribution in [3.05, 3.63) is 24.2 Å². The monoisotopic (exact) mass is 265 g/mol. The van der Waals surface area contributed by atoms with Crippen LogP contribution in [0.3, 0.4) is 0 Å². The third kappa shape index (κ3) is 3.31. The Balaban J connectivity index is 1.80. The van der Waals surface area contributed by atoms with Crippen LogP contribution in [0, 0.1) is 0 Å². The molecule has 9 nitrogen and oxygen atoms in total. The fourth-order valence-corrected chi connectivity index (χ4v) is 1.23. The van der Waals surface area contributed by atoms with Crippen LogP contribution >= 0.6 is 0 Å². The van der Waals surface area contributed by atoms with Crippen LogP contribution in [0.4, 0.5) is 5.95 Å². The molecule has 2 heterocycles. The molecule has 2 amide bonds. The number of hydrogen-bond donors (Lipinski definition) is 3. The van der Waals surface area contributed by atoms with Crippen molar-refractivity contribution >= 4 is 17.8 Å². The second-order valence-corrected chi connectivity index (χ2v) is 3.38. The number of nitrogens with one attached hydrogen (secondary N) is 3. The molecule has 0 radical (unpaired) electrons. The second-order valence-electron chi connectivity index (χ2n) is 3.38. The number of nitrogens with zero attached hydrogens (tertiary/aromatic N) is 2. The molecule has 0 atom stereocenters. The van der Waals surface area contributed by atoms with Gasteiger partial charge < -0.3 is 14.5 Å². The number of aromatic amines is 1. The van der Waals surface area contributed by atoms with Crippen LogP contribution in [0.1, 0.15) is 10.6 Å². The van der Waals surface area contributed by atoms with E-state index in [0.717, 1.165) is 0 Å². The number of aromatic nitrogens is 3. The Bertz CT molecular complexity index is 562. The summed E-state index contributed by atoms with van der Waals surface area (Å²) in [4.78, 5) is 26.8. The average Bonchev–Trinajstić information content (AvgIpc) is 3.06. The number of ether oxygens (including phenoxy) is 1. The lowest BCUT2D eigenvalue weighted by molar-refractivity contribution is -0.115. The van der Waals surface area contributed by atoms with Gasteiger partial charge in [-0.05, 0) is 12.1 Å². The minimum absolute atomic E-state index is 0.106. The van der Waals surface area contributed by atoms with E-state index in [-0.39, 0.29) is 24.3 Å². The van der Waals surface area contributed by atoms with E-state index in [9.17, 15) is 9.59 Å². The van der Waals surface area contributed by atoms with Crippen LogP contribution in [0.2, 0.25) is 0 Å². The lowest BCUT2D eigenvalue weighted by atomic mass is 10.4. The Hall–Kier alpha value is -2.84. The van der Waals surface area contributed by atoms with Gasteiger partial charge in [0.1, 0.15) is 0 Å². The summed E-state index contributed by atoms with van der Waals surface area (Å²) in [6.07, 6.45) is 1.37. The summed E-state index contributed by atoms with van der Waals surface area (Å²) in [7, 11) is 1.40. The van der Waals surface area contributed by atoms with Crippen molar-refractivity contribution in [2.75, 3.05) is 19.0 Å². The molecule has 0 aliphatic heterocycles. The summed E-state index contributed by atoms with van der Waals surface area (Å²) in [5.41, 5.74) is 0. The molecule has 0 aliphatic carbocycles. The molecule has 9 heteroatoms. The van der Waals surface area contributed by atoms with Gasteiger partial charge in [-0.3, -0.25) is 14.9 Å². The van der Waals surface area contributed by atoms with Crippen LogP contribution in [-0.4, -0.2) is 40.7 Å². The number of hydrogen-bond acceptors (Lipinski definition) is 6. The lowest BCUT2D eigenvalue weighted by Gasteiger charge is -2.02. The normalized spacial score (nSPS) is 9.95. The van der Waals surface area contributed by atoms with Gasteiger partial charge in [0, 0.05) is 0 Å². The summed E-state index contributed by atoms with van der Waals surface area (Å²) < 4.78 is 9.61. The number of H-pyrrole nitrogens is 1. The molecule has 100 valence electrons. The maximum absolute atomic E-state index is 11.5. The molecule has 3 N–H and O–H groups in total. The molecule has 0 saturated heterocycles. The Kier molecular flexibility index (Phi) is 3.76. The van der Waals surface area contributed by atoms with Crippen LogP contribution in [0.15, 0.2) is 22.8 Å². The number of anilines is 1. The zero-order valence-electron chi connectivity index (χ0n) is 9.97. The molecular weight excluding hydrogens is 254 g/mol. The molecule has 0 aromatic carbocycles. The fourth-order valence-electron chi connectivity index (χ4n) is 1.23. The Labute approximate surface area is 107 Å². The van der Waals surface area contributed by atoms with E-state index in [1.54, 1.807) is 6.07 Å². The molecule has 19 heavy (non-hydrogen) atoms. The van der Waals surface area contributed by atoms with Crippen molar-refractivity contribution in [1.82, 2.24) is 20.5 Å². The van der Waals surface area contributed by atoms with E-state index in [2.05, 4.69) is 25.8 Å². The van der Waals surface area contributed by atoms with Gasteiger partial charge >= 0.3 is 6.01 Å². The first-order valence-corrected chi connectivity index (χ1v) is 5.27. The summed E-state index contributed by atoms with van der Waals surface area (Å²) in [6, 6.07) is 3.18. The number of methoxy groups -OCH3 is 1. The third-order valence-electron chi connectivity index (χ3n) is 2.06. The molecular formula is C10H11N5O4. The molecule has 0 aliphatic rings. The fraction of sp³-hybridized carbons (Fsp3) is 0.200. The molecule has 2 aromatic rings. The van der Waals surface area contributed by atoms with Gasteiger partial charge in [0.05, 0.1) is 19.9 Å². The first-order chi connectivity index (χ1) is 9.19. The van der Waals surface area contributed by atoms with Crippen LogP contribution in [0.5, 0.6) is 6.01 Å². The van der Waals surface area contributed by atoms with Gasteiger partial charge in [-0.15, -0.1) is 5.10 Å². The number of furan rings is 1. The number of amides is 2. The minimum atomic E-state index is -0.477. The highest BCUT2D eigenvalue weighted by Gasteiger charge is 2.11. The molecule has 2 rings (SSSR count). The number of carbonyl (C=O) groups is 2. The standard InChI is InChI=1S/C10H11N5O4/c1-18-10-13-9(14-15-10)12-7(16)5-11-8(17)6-3-2-4-19-6/h2-4H,5H2,1H3,(H,11,17)(H2,12,13,14,15,16). The van der Waals surface area contributed by atoms with Crippen molar-refractivity contribution in [2.24, 2.45) is 0 Å². The maximum atomic E-state index is 11.5. The van der Waals surface area contributed by atoms with Gasteiger partial charge in [0.25, 0.3) is 5.91 Å². The van der Waals surface area contributed by atoms with Gasteiger partial charge in [-0.2, -0.15) is 4.98 Å². The number of carbonyl (C=O) groups excluding carboxylic acids is 2. The third-order valence-corrected chi connectivity index (χ3v) is 2.06. The van der Waals surface area contributed by atoms with Gasteiger partial charge in [-0.25, -0.2) is 5.10 Å². The molecule has 2 aromatic heterocycles. The van der Waals surface area contributed by atoms with Crippen molar-refractivity contribution in [3.63, 3.8) is 0 Å². The highest BCUT2D eigenvalue weighted by molar-refractivity contribution is 5.97. The van der Waals surface area contributed by atoms with Crippen LogP contribution < -0.4 is 15.4 Å². The van der Waals surface area contributed by atoms with E-state index in [4.69, 9.17) is 9.15 Å². The zero-order valence-corrected chi connectivity index (χ0v) is 9.97. The quantitative estimate of drug-likeness (QED) is 0.686. The van der Waals surface area contributed by atoms with Crippen molar-refractivity contribution in [2.45, 2.75) is 0 Å². The predicted molar refractivity (Wildman–Crippen MR) is 62.6 cm³/mol. The van der Waals surface area contributed by atoms with Gasteiger partial charge in [0.2, 0.25) is 11.9 Å². The topological polar surface area (TPSA) is 122 Å². The average molecular weight is 265 g/mol. The Morgan fingerprint density at radius 2 is 2.37 bits per heavy atom. The minimum Gasteiger partial charge on any atom is -0.466 e. The molecule has 0 saturated carbocycles. The summed E-state index contributed by atoms with van der Waals surface area (Å²) in [5, 5.41) is 10.9. The van der Waals surface area contributed by atoms with E-state index < -0.39 is 11.8 Å². The van der Waals surface area contributed by atoms with E-state index >= 15 is 0 Å². The highest BCUT2D eigenvalue weighted by atomic mass is 16.5. The van der Waals surface area contributed by atoms with E-state index in [0.29, 0.717) is 0 Å². The molecule has 0 spiro atoms. The van der Waals surface area contributed by atoms with Crippen molar-refractivity contribution < 1.29 is 18.7 Å². The summed E-state index contributed by atoms with van der Waals surface area (Å²) >= 11 is 0.